The minimum absolute atomic E-state index is 0.0160. The number of nitrogens with one attached hydrogen (secondary N) is 2. The molecule has 0 radical (unpaired) electrons. The highest BCUT2D eigenvalue weighted by molar-refractivity contribution is 5.68. The van der Waals surface area contributed by atoms with E-state index >= 15 is 0 Å². The predicted molar refractivity (Wildman–Crippen MR) is 84.7 cm³/mol. The molecule has 6 nitrogen and oxygen atoms in total. The SMILES string of the molecule is CC(O)CNCCNc1nccn2nc(C(C)(C)C)cc12. The number of aromatic nitrogens is 3. The van der Waals surface area contributed by atoms with Gasteiger partial charge in [-0.15, -0.1) is 0 Å². The Morgan fingerprint density at radius 2 is 2.10 bits per heavy atom. The Kier molecular flexibility index (Phi) is 4.80. The van der Waals surface area contributed by atoms with Crippen LogP contribution in [0.25, 0.3) is 5.52 Å². The monoisotopic (exact) mass is 291 g/mol. The number of anilines is 1. The van der Waals surface area contributed by atoms with E-state index in [1.807, 2.05) is 10.7 Å². The molecule has 21 heavy (non-hydrogen) atoms. The summed E-state index contributed by atoms with van der Waals surface area (Å²) < 4.78 is 1.86. The summed E-state index contributed by atoms with van der Waals surface area (Å²) in [6.07, 6.45) is 3.29. The van der Waals surface area contributed by atoms with Gasteiger partial charge in [-0.1, -0.05) is 20.8 Å². The van der Waals surface area contributed by atoms with Gasteiger partial charge in [0, 0.05) is 37.4 Å². The number of nitrogens with zero attached hydrogens (tertiary/aromatic N) is 3. The molecule has 1 unspecified atom stereocenters. The second kappa shape index (κ2) is 6.41. The number of hydrogen-bond acceptors (Lipinski definition) is 5. The van der Waals surface area contributed by atoms with Crippen LogP contribution in [0.3, 0.4) is 0 Å². The van der Waals surface area contributed by atoms with Crippen LogP contribution in [0, 0.1) is 0 Å². The molecule has 6 heteroatoms. The summed E-state index contributed by atoms with van der Waals surface area (Å²) in [7, 11) is 0. The molecule has 0 fully saturated rings. The Morgan fingerprint density at radius 1 is 1.33 bits per heavy atom. The maximum Gasteiger partial charge on any atom is 0.152 e. The lowest BCUT2D eigenvalue weighted by Crippen LogP contribution is -2.29. The van der Waals surface area contributed by atoms with Gasteiger partial charge in [0.05, 0.1) is 11.8 Å². The van der Waals surface area contributed by atoms with Crippen molar-refractivity contribution in [2.45, 2.75) is 39.2 Å². The first-order valence-electron chi connectivity index (χ1n) is 7.35. The Hall–Kier alpha value is -1.66. The summed E-state index contributed by atoms with van der Waals surface area (Å²) in [4.78, 5) is 4.39. The van der Waals surface area contributed by atoms with Crippen molar-refractivity contribution in [3.8, 4) is 0 Å². The molecule has 2 aromatic heterocycles. The fourth-order valence-corrected chi connectivity index (χ4v) is 2.01. The fourth-order valence-electron chi connectivity index (χ4n) is 2.01. The molecule has 3 N–H and O–H groups in total. The summed E-state index contributed by atoms with van der Waals surface area (Å²) in [6.45, 7) is 10.3. The maximum absolute atomic E-state index is 9.18. The minimum Gasteiger partial charge on any atom is -0.392 e. The highest BCUT2D eigenvalue weighted by Crippen LogP contribution is 2.24. The lowest BCUT2D eigenvalue weighted by molar-refractivity contribution is 0.192. The van der Waals surface area contributed by atoms with Crippen molar-refractivity contribution < 1.29 is 5.11 Å². The zero-order valence-corrected chi connectivity index (χ0v) is 13.2. The third-order valence-electron chi connectivity index (χ3n) is 3.19. The topological polar surface area (TPSA) is 74.5 Å². The molecule has 2 aromatic rings. The molecular formula is C15H25N5O. The molecule has 0 saturated carbocycles. The molecule has 2 rings (SSSR count). The van der Waals surface area contributed by atoms with E-state index in [4.69, 9.17) is 0 Å². The van der Waals surface area contributed by atoms with Crippen molar-refractivity contribution in [1.82, 2.24) is 19.9 Å². The fraction of sp³-hybridized carbons (Fsp3) is 0.600. The number of aliphatic hydroxyl groups excluding tert-OH is 1. The Bertz CT molecular complexity index is 585. The van der Waals surface area contributed by atoms with Gasteiger partial charge in [-0.3, -0.25) is 0 Å². The van der Waals surface area contributed by atoms with Gasteiger partial charge in [-0.25, -0.2) is 9.50 Å². The van der Waals surface area contributed by atoms with E-state index in [9.17, 15) is 5.11 Å². The van der Waals surface area contributed by atoms with Crippen LogP contribution in [-0.2, 0) is 5.41 Å². The van der Waals surface area contributed by atoms with Crippen LogP contribution < -0.4 is 10.6 Å². The van der Waals surface area contributed by atoms with E-state index in [1.165, 1.54) is 0 Å². The van der Waals surface area contributed by atoms with Gasteiger partial charge in [0.15, 0.2) is 5.82 Å². The van der Waals surface area contributed by atoms with Gasteiger partial charge in [-0.05, 0) is 13.0 Å². The molecule has 0 spiro atoms. The highest BCUT2D eigenvalue weighted by atomic mass is 16.3. The van der Waals surface area contributed by atoms with Crippen LogP contribution in [-0.4, -0.2) is 45.4 Å². The third kappa shape index (κ3) is 4.15. The summed E-state index contributed by atoms with van der Waals surface area (Å²) in [5, 5.41) is 20.3. The highest BCUT2D eigenvalue weighted by Gasteiger charge is 2.18. The standard InChI is InChI=1S/C15H25N5O/c1-11(21)10-16-5-6-17-14-12-9-13(15(2,3)4)19-20(12)8-7-18-14/h7-9,11,16,21H,5-6,10H2,1-4H3,(H,17,18). The van der Waals surface area contributed by atoms with E-state index in [0.717, 1.165) is 30.1 Å². The van der Waals surface area contributed by atoms with E-state index in [2.05, 4.69) is 47.6 Å². The van der Waals surface area contributed by atoms with Crippen LogP contribution in [0.2, 0.25) is 0 Å². The predicted octanol–water partition coefficient (Wildman–Crippen LogP) is 1.41. The molecule has 0 aliphatic rings. The summed E-state index contributed by atoms with van der Waals surface area (Å²) in [6, 6.07) is 2.08. The van der Waals surface area contributed by atoms with Gasteiger partial charge >= 0.3 is 0 Å². The minimum atomic E-state index is -0.323. The van der Waals surface area contributed by atoms with Crippen LogP contribution in [0.5, 0.6) is 0 Å². The maximum atomic E-state index is 9.18. The van der Waals surface area contributed by atoms with Crippen molar-refractivity contribution in [2.75, 3.05) is 25.0 Å². The Balaban J connectivity index is 2.04. The zero-order valence-electron chi connectivity index (χ0n) is 13.2. The van der Waals surface area contributed by atoms with Crippen LogP contribution in [0.1, 0.15) is 33.4 Å². The number of hydrogen-bond donors (Lipinski definition) is 3. The Labute approximate surface area is 125 Å². The van der Waals surface area contributed by atoms with Crippen LogP contribution in [0.15, 0.2) is 18.5 Å². The largest absolute Gasteiger partial charge is 0.392 e. The van der Waals surface area contributed by atoms with Gasteiger partial charge in [0.25, 0.3) is 0 Å². The van der Waals surface area contributed by atoms with Crippen molar-refractivity contribution in [3.63, 3.8) is 0 Å². The van der Waals surface area contributed by atoms with Gasteiger partial charge < -0.3 is 15.7 Å². The molecule has 0 aliphatic heterocycles. The van der Waals surface area contributed by atoms with Gasteiger partial charge in [0.1, 0.15) is 5.52 Å². The first-order valence-corrected chi connectivity index (χ1v) is 7.35. The van der Waals surface area contributed by atoms with Crippen LogP contribution >= 0.6 is 0 Å². The molecule has 116 valence electrons. The zero-order chi connectivity index (χ0) is 15.5. The quantitative estimate of drug-likeness (QED) is 0.702. The van der Waals surface area contributed by atoms with Gasteiger partial charge in [0.2, 0.25) is 0 Å². The first-order chi connectivity index (χ1) is 9.88. The van der Waals surface area contributed by atoms with E-state index < -0.39 is 0 Å². The van der Waals surface area contributed by atoms with Crippen molar-refractivity contribution in [1.29, 1.82) is 0 Å². The molecule has 2 heterocycles. The second-order valence-electron chi connectivity index (χ2n) is 6.37. The smallest absolute Gasteiger partial charge is 0.152 e. The molecule has 0 aliphatic carbocycles. The lowest BCUT2D eigenvalue weighted by Gasteiger charge is -2.13. The molecule has 0 bridgehead atoms. The van der Waals surface area contributed by atoms with Crippen LogP contribution in [0.4, 0.5) is 5.82 Å². The lowest BCUT2D eigenvalue weighted by atomic mass is 9.92. The second-order valence-corrected chi connectivity index (χ2v) is 6.37. The summed E-state index contributed by atoms with van der Waals surface area (Å²) in [5.74, 6) is 0.833. The molecular weight excluding hydrogens is 266 g/mol. The molecule has 0 saturated heterocycles. The van der Waals surface area contributed by atoms with Crippen molar-refractivity contribution in [3.05, 3.63) is 24.2 Å². The summed E-state index contributed by atoms with van der Waals surface area (Å²) >= 11 is 0. The van der Waals surface area contributed by atoms with Crippen molar-refractivity contribution in [2.24, 2.45) is 0 Å². The molecule has 0 aromatic carbocycles. The van der Waals surface area contributed by atoms with E-state index in [0.29, 0.717) is 6.54 Å². The average molecular weight is 291 g/mol. The van der Waals surface area contributed by atoms with Gasteiger partial charge in [-0.2, -0.15) is 5.10 Å². The number of rotatable bonds is 6. The normalized spacial score (nSPS) is 13.6. The average Bonchev–Trinajstić information content (AvgIpc) is 2.82. The molecule has 1 atom stereocenters. The van der Waals surface area contributed by atoms with E-state index in [1.54, 1.807) is 13.1 Å². The number of aliphatic hydroxyl groups is 1. The molecule has 0 amide bonds. The number of fused-ring (bicyclic) bond motifs is 1. The Morgan fingerprint density at radius 3 is 2.76 bits per heavy atom. The first kappa shape index (κ1) is 15.7. The summed E-state index contributed by atoms with van der Waals surface area (Å²) in [5.41, 5.74) is 2.05. The van der Waals surface area contributed by atoms with Crippen molar-refractivity contribution >= 4 is 11.3 Å². The third-order valence-corrected chi connectivity index (χ3v) is 3.19. The van der Waals surface area contributed by atoms with E-state index in [-0.39, 0.29) is 11.5 Å².